The first-order valence-corrected chi connectivity index (χ1v) is 6.88. The molecule has 18 heavy (non-hydrogen) atoms. The van der Waals surface area contributed by atoms with Gasteiger partial charge in [-0.25, -0.2) is 0 Å². The smallest absolute Gasteiger partial charge is 0.261 e. The van der Waals surface area contributed by atoms with Crippen molar-refractivity contribution in [3.05, 3.63) is 52.0 Å². The summed E-state index contributed by atoms with van der Waals surface area (Å²) in [6.45, 7) is 2.71. The van der Waals surface area contributed by atoms with Gasteiger partial charge in [0, 0.05) is 29.7 Å². The highest BCUT2D eigenvalue weighted by atomic mass is 32.1. The second kappa shape index (κ2) is 6.31. The van der Waals surface area contributed by atoms with Crippen molar-refractivity contribution in [1.82, 2.24) is 10.3 Å². The minimum Gasteiger partial charge on any atom is -0.351 e. The fourth-order valence-corrected chi connectivity index (χ4v) is 2.49. The molecule has 0 radical (unpaired) electrons. The van der Waals surface area contributed by atoms with Crippen LogP contribution in [-0.4, -0.2) is 17.4 Å². The van der Waals surface area contributed by atoms with Crippen molar-refractivity contribution >= 4 is 17.2 Å². The molecule has 0 aliphatic rings. The molecular weight excluding hydrogens is 244 g/mol. The van der Waals surface area contributed by atoms with Crippen molar-refractivity contribution in [3.8, 4) is 0 Å². The van der Waals surface area contributed by atoms with Crippen molar-refractivity contribution in [3.63, 3.8) is 0 Å². The normalized spacial score (nSPS) is 10.3. The maximum absolute atomic E-state index is 11.8. The number of rotatable bonds is 5. The summed E-state index contributed by atoms with van der Waals surface area (Å²) in [6.07, 6.45) is 3.51. The fraction of sp³-hybridized carbons (Fsp3) is 0.286. The van der Waals surface area contributed by atoms with Crippen LogP contribution in [0.2, 0.25) is 0 Å². The molecule has 1 N–H and O–H groups in total. The summed E-state index contributed by atoms with van der Waals surface area (Å²) in [5.41, 5.74) is 0.998. The first kappa shape index (κ1) is 12.8. The number of pyridine rings is 1. The van der Waals surface area contributed by atoms with Gasteiger partial charge in [-0.15, -0.1) is 11.3 Å². The van der Waals surface area contributed by atoms with E-state index < -0.39 is 0 Å². The van der Waals surface area contributed by atoms with Gasteiger partial charge in [-0.3, -0.25) is 9.78 Å². The predicted octanol–water partition coefficient (Wildman–Crippen LogP) is 2.68. The van der Waals surface area contributed by atoms with E-state index in [1.54, 1.807) is 17.5 Å². The Hall–Kier alpha value is -1.68. The largest absolute Gasteiger partial charge is 0.351 e. The lowest BCUT2D eigenvalue weighted by atomic mass is 10.2. The van der Waals surface area contributed by atoms with Crippen LogP contribution in [-0.2, 0) is 12.8 Å². The molecule has 0 fully saturated rings. The van der Waals surface area contributed by atoms with Crippen LogP contribution in [0.3, 0.4) is 0 Å². The first-order valence-electron chi connectivity index (χ1n) is 6.06. The summed E-state index contributed by atoms with van der Waals surface area (Å²) in [4.78, 5) is 18.1. The quantitative estimate of drug-likeness (QED) is 0.898. The molecule has 0 saturated carbocycles. The average Bonchev–Trinajstić information content (AvgIpc) is 2.89. The Bertz CT molecular complexity index is 508. The van der Waals surface area contributed by atoms with Gasteiger partial charge in [0.2, 0.25) is 0 Å². The Labute approximate surface area is 111 Å². The van der Waals surface area contributed by atoms with Crippen molar-refractivity contribution in [2.75, 3.05) is 6.54 Å². The molecule has 94 valence electrons. The SMILES string of the molecule is CCc1ccc(C(=O)NCCc2ccccn2)s1. The number of nitrogens with one attached hydrogen (secondary N) is 1. The highest BCUT2D eigenvalue weighted by Gasteiger charge is 2.07. The first-order chi connectivity index (χ1) is 8.79. The molecule has 0 saturated heterocycles. The monoisotopic (exact) mass is 260 g/mol. The van der Waals surface area contributed by atoms with Gasteiger partial charge in [0.05, 0.1) is 4.88 Å². The van der Waals surface area contributed by atoms with E-state index in [4.69, 9.17) is 0 Å². The molecule has 0 aliphatic heterocycles. The fourth-order valence-electron chi connectivity index (χ4n) is 1.63. The van der Waals surface area contributed by atoms with Crippen molar-refractivity contribution in [1.29, 1.82) is 0 Å². The highest BCUT2D eigenvalue weighted by Crippen LogP contribution is 2.16. The van der Waals surface area contributed by atoms with Gasteiger partial charge in [0.25, 0.3) is 5.91 Å². The van der Waals surface area contributed by atoms with Crippen LogP contribution in [0.1, 0.15) is 27.2 Å². The Morgan fingerprint density at radius 3 is 2.89 bits per heavy atom. The lowest BCUT2D eigenvalue weighted by Crippen LogP contribution is -2.25. The van der Waals surface area contributed by atoms with Gasteiger partial charge in [0.15, 0.2) is 0 Å². The summed E-state index contributed by atoms with van der Waals surface area (Å²) in [6, 6.07) is 9.71. The van der Waals surface area contributed by atoms with Crippen molar-refractivity contribution < 1.29 is 4.79 Å². The van der Waals surface area contributed by atoms with Gasteiger partial charge >= 0.3 is 0 Å². The Balaban J connectivity index is 1.81. The second-order valence-corrected chi connectivity index (χ2v) is 5.11. The Morgan fingerprint density at radius 2 is 2.22 bits per heavy atom. The van der Waals surface area contributed by atoms with E-state index in [2.05, 4.69) is 17.2 Å². The van der Waals surface area contributed by atoms with E-state index in [1.165, 1.54) is 4.88 Å². The van der Waals surface area contributed by atoms with Gasteiger partial charge in [-0.05, 0) is 30.7 Å². The van der Waals surface area contributed by atoms with Gasteiger partial charge in [-0.1, -0.05) is 13.0 Å². The van der Waals surface area contributed by atoms with Crippen LogP contribution in [0.15, 0.2) is 36.5 Å². The number of aryl methyl sites for hydroxylation is 1. The molecule has 1 amide bonds. The van der Waals surface area contributed by atoms with Crippen molar-refractivity contribution in [2.45, 2.75) is 19.8 Å². The third-order valence-electron chi connectivity index (χ3n) is 2.63. The third-order valence-corrected chi connectivity index (χ3v) is 3.86. The topological polar surface area (TPSA) is 42.0 Å². The van der Waals surface area contributed by atoms with Crippen LogP contribution in [0.4, 0.5) is 0 Å². The van der Waals surface area contributed by atoms with E-state index in [0.717, 1.165) is 23.4 Å². The summed E-state index contributed by atoms with van der Waals surface area (Å²) in [5.74, 6) is 0.00984. The molecule has 2 heterocycles. The van der Waals surface area contributed by atoms with Gasteiger partial charge in [-0.2, -0.15) is 0 Å². The maximum atomic E-state index is 11.8. The number of aromatic nitrogens is 1. The molecule has 0 atom stereocenters. The molecule has 0 unspecified atom stereocenters. The molecule has 0 aromatic carbocycles. The average molecular weight is 260 g/mol. The summed E-state index contributed by atoms with van der Waals surface area (Å²) >= 11 is 1.56. The number of nitrogens with zero attached hydrogens (tertiary/aromatic N) is 1. The van der Waals surface area contributed by atoms with E-state index in [9.17, 15) is 4.79 Å². The molecule has 4 heteroatoms. The lowest BCUT2D eigenvalue weighted by molar-refractivity contribution is 0.0958. The molecule has 0 bridgehead atoms. The third kappa shape index (κ3) is 3.40. The lowest BCUT2D eigenvalue weighted by Gasteiger charge is -2.02. The zero-order valence-corrected chi connectivity index (χ0v) is 11.2. The van der Waals surface area contributed by atoms with Crippen LogP contribution < -0.4 is 5.32 Å². The summed E-state index contributed by atoms with van der Waals surface area (Å²) in [7, 11) is 0. The van der Waals surface area contributed by atoms with E-state index in [-0.39, 0.29) is 5.91 Å². The van der Waals surface area contributed by atoms with Gasteiger partial charge in [0.1, 0.15) is 0 Å². The summed E-state index contributed by atoms with van der Waals surface area (Å²) in [5, 5.41) is 2.92. The minimum absolute atomic E-state index is 0.00984. The van der Waals surface area contributed by atoms with E-state index in [1.807, 2.05) is 30.3 Å². The number of hydrogen-bond donors (Lipinski definition) is 1. The number of amides is 1. The highest BCUT2D eigenvalue weighted by molar-refractivity contribution is 7.14. The number of hydrogen-bond acceptors (Lipinski definition) is 3. The van der Waals surface area contributed by atoms with Crippen LogP contribution >= 0.6 is 11.3 Å². The van der Waals surface area contributed by atoms with Crippen molar-refractivity contribution in [2.24, 2.45) is 0 Å². The van der Waals surface area contributed by atoms with E-state index in [0.29, 0.717) is 6.54 Å². The standard InChI is InChI=1S/C14H16N2OS/c1-2-12-6-7-13(18-12)14(17)16-10-8-11-5-3-4-9-15-11/h3-7,9H,2,8,10H2,1H3,(H,16,17). The molecule has 2 aromatic rings. The molecule has 3 nitrogen and oxygen atoms in total. The maximum Gasteiger partial charge on any atom is 0.261 e. The molecule has 2 rings (SSSR count). The molecule has 0 spiro atoms. The summed E-state index contributed by atoms with van der Waals surface area (Å²) < 4.78 is 0. The van der Waals surface area contributed by atoms with Crippen LogP contribution in [0.25, 0.3) is 0 Å². The van der Waals surface area contributed by atoms with Crippen LogP contribution in [0, 0.1) is 0 Å². The molecule has 0 aliphatic carbocycles. The zero-order valence-electron chi connectivity index (χ0n) is 10.3. The number of carbonyl (C=O) groups excluding carboxylic acids is 1. The molecular formula is C14H16N2OS. The molecule has 2 aromatic heterocycles. The minimum atomic E-state index is 0.00984. The van der Waals surface area contributed by atoms with Crippen LogP contribution in [0.5, 0.6) is 0 Å². The predicted molar refractivity (Wildman–Crippen MR) is 74.0 cm³/mol. The number of carbonyl (C=O) groups is 1. The Kier molecular flexibility index (Phi) is 4.47. The second-order valence-electron chi connectivity index (χ2n) is 3.95. The number of thiophene rings is 1. The van der Waals surface area contributed by atoms with E-state index >= 15 is 0 Å². The Morgan fingerprint density at radius 1 is 1.33 bits per heavy atom. The zero-order chi connectivity index (χ0) is 12.8. The van der Waals surface area contributed by atoms with Gasteiger partial charge < -0.3 is 5.32 Å².